The summed E-state index contributed by atoms with van der Waals surface area (Å²) in [5, 5.41) is 1.15. The first kappa shape index (κ1) is 17.3. The lowest BCUT2D eigenvalue weighted by Crippen LogP contribution is -1.94. The molecule has 0 saturated carbocycles. The fourth-order valence-electron chi connectivity index (χ4n) is 3.67. The Labute approximate surface area is 170 Å². The molecular formula is C27H21NO. The van der Waals surface area contributed by atoms with E-state index >= 15 is 0 Å². The maximum atomic E-state index is 5.99. The van der Waals surface area contributed by atoms with Gasteiger partial charge in [-0.1, -0.05) is 84.9 Å². The summed E-state index contributed by atoms with van der Waals surface area (Å²) in [6.07, 6.45) is 0. The molecule has 0 unspecified atom stereocenters. The van der Waals surface area contributed by atoms with Crippen LogP contribution in [0.25, 0.3) is 33.3 Å². The van der Waals surface area contributed by atoms with Gasteiger partial charge < -0.3 is 9.72 Å². The van der Waals surface area contributed by atoms with E-state index in [1.165, 1.54) is 22.3 Å². The zero-order valence-corrected chi connectivity index (χ0v) is 16.0. The van der Waals surface area contributed by atoms with Crippen molar-refractivity contribution >= 4 is 10.9 Å². The second kappa shape index (κ2) is 7.69. The van der Waals surface area contributed by atoms with Crippen molar-refractivity contribution in [3.63, 3.8) is 0 Å². The number of nitrogens with one attached hydrogen (secondary N) is 1. The maximum absolute atomic E-state index is 5.99. The van der Waals surface area contributed by atoms with Gasteiger partial charge in [0.2, 0.25) is 0 Å². The van der Waals surface area contributed by atoms with Crippen LogP contribution in [0.15, 0.2) is 109 Å². The number of benzene rings is 4. The fourth-order valence-corrected chi connectivity index (χ4v) is 3.67. The maximum Gasteiger partial charge on any atom is 0.120 e. The minimum absolute atomic E-state index is 0.570. The second-order valence-electron chi connectivity index (χ2n) is 7.12. The number of H-pyrrole nitrogens is 1. The summed E-state index contributed by atoms with van der Waals surface area (Å²) in [6.45, 7) is 0.570. The lowest BCUT2D eigenvalue weighted by molar-refractivity contribution is 0.306. The predicted octanol–water partition coefficient (Wildman–Crippen LogP) is 7.08. The molecule has 0 aliphatic heterocycles. The minimum atomic E-state index is 0.570. The number of hydrogen-bond donors (Lipinski definition) is 1. The summed E-state index contributed by atoms with van der Waals surface area (Å²) in [5.74, 6) is 0.878. The SMILES string of the molecule is c1ccc(COc2ccc3[nH]c(-c4ccccc4-c4ccccc4)cc3c2)cc1. The zero-order valence-electron chi connectivity index (χ0n) is 16.0. The van der Waals surface area contributed by atoms with E-state index < -0.39 is 0 Å². The van der Waals surface area contributed by atoms with Crippen molar-refractivity contribution in [3.8, 4) is 28.1 Å². The molecule has 2 heteroatoms. The molecule has 0 atom stereocenters. The molecule has 0 fully saturated rings. The molecule has 0 aliphatic carbocycles. The molecule has 0 spiro atoms. The largest absolute Gasteiger partial charge is 0.489 e. The van der Waals surface area contributed by atoms with Crippen LogP contribution >= 0.6 is 0 Å². The molecule has 29 heavy (non-hydrogen) atoms. The van der Waals surface area contributed by atoms with Crippen molar-refractivity contribution in [1.82, 2.24) is 4.98 Å². The Bertz CT molecular complexity index is 1240. The molecule has 1 heterocycles. The van der Waals surface area contributed by atoms with Gasteiger partial charge in [0.05, 0.1) is 0 Å². The van der Waals surface area contributed by atoms with Gasteiger partial charge in [-0.15, -0.1) is 0 Å². The highest BCUT2D eigenvalue weighted by atomic mass is 16.5. The molecule has 5 rings (SSSR count). The molecule has 2 nitrogen and oxygen atoms in total. The normalized spacial score (nSPS) is 10.9. The minimum Gasteiger partial charge on any atom is -0.489 e. The molecule has 1 aromatic heterocycles. The third-order valence-electron chi connectivity index (χ3n) is 5.14. The molecule has 0 bridgehead atoms. The Morgan fingerprint density at radius 1 is 0.621 bits per heavy atom. The van der Waals surface area contributed by atoms with Crippen LogP contribution in [-0.4, -0.2) is 4.98 Å². The molecule has 0 saturated heterocycles. The summed E-state index contributed by atoms with van der Waals surface area (Å²) < 4.78 is 5.99. The zero-order chi connectivity index (χ0) is 19.5. The molecule has 1 N–H and O–H groups in total. The van der Waals surface area contributed by atoms with E-state index in [9.17, 15) is 0 Å². The summed E-state index contributed by atoms with van der Waals surface area (Å²) >= 11 is 0. The predicted molar refractivity (Wildman–Crippen MR) is 120 cm³/mol. The summed E-state index contributed by atoms with van der Waals surface area (Å²) in [6, 6.07) is 37.7. The van der Waals surface area contributed by atoms with Crippen molar-refractivity contribution in [2.45, 2.75) is 6.61 Å². The van der Waals surface area contributed by atoms with Crippen molar-refractivity contribution in [2.75, 3.05) is 0 Å². The first-order valence-electron chi connectivity index (χ1n) is 9.81. The van der Waals surface area contributed by atoms with E-state index in [2.05, 4.69) is 83.8 Å². The average molecular weight is 375 g/mol. The highest BCUT2D eigenvalue weighted by molar-refractivity contribution is 5.91. The Hall–Kier alpha value is -3.78. The van der Waals surface area contributed by atoms with E-state index in [0.29, 0.717) is 6.61 Å². The van der Waals surface area contributed by atoms with E-state index in [-0.39, 0.29) is 0 Å². The fraction of sp³-hybridized carbons (Fsp3) is 0.0370. The highest BCUT2D eigenvalue weighted by Gasteiger charge is 2.10. The van der Waals surface area contributed by atoms with Gasteiger partial charge in [-0.05, 0) is 41.0 Å². The number of aromatic nitrogens is 1. The van der Waals surface area contributed by atoms with Crippen LogP contribution in [0.3, 0.4) is 0 Å². The van der Waals surface area contributed by atoms with Gasteiger partial charge in [0.1, 0.15) is 12.4 Å². The van der Waals surface area contributed by atoms with E-state index in [1.54, 1.807) is 0 Å². The smallest absolute Gasteiger partial charge is 0.120 e. The van der Waals surface area contributed by atoms with Gasteiger partial charge in [-0.3, -0.25) is 0 Å². The molecule has 0 radical (unpaired) electrons. The number of ether oxygens (including phenoxy) is 1. The molecular weight excluding hydrogens is 354 g/mol. The van der Waals surface area contributed by atoms with Gasteiger partial charge in [0.15, 0.2) is 0 Å². The Kier molecular flexibility index (Phi) is 4.59. The Morgan fingerprint density at radius 3 is 2.10 bits per heavy atom. The summed E-state index contributed by atoms with van der Waals surface area (Å²) in [5.41, 5.74) is 7.02. The van der Waals surface area contributed by atoms with Crippen molar-refractivity contribution < 1.29 is 4.74 Å². The molecule has 140 valence electrons. The quantitative estimate of drug-likeness (QED) is 0.349. The first-order chi connectivity index (χ1) is 14.4. The van der Waals surface area contributed by atoms with Gasteiger partial charge in [-0.2, -0.15) is 0 Å². The third-order valence-corrected chi connectivity index (χ3v) is 5.14. The summed E-state index contributed by atoms with van der Waals surface area (Å²) in [4.78, 5) is 3.57. The summed E-state index contributed by atoms with van der Waals surface area (Å²) in [7, 11) is 0. The van der Waals surface area contributed by atoms with Gasteiger partial charge in [-0.25, -0.2) is 0 Å². The van der Waals surface area contributed by atoms with Crippen LogP contribution in [0.2, 0.25) is 0 Å². The number of rotatable bonds is 5. The second-order valence-corrected chi connectivity index (χ2v) is 7.12. The first-order valence-corrected chi connectivity index (χ1v) is 9.81. The lowest BCUT2D eigenvalue weighted by atomic mass is 9.98. The van der Waals surface area contributed by atoms with Crippen molar-refractivity contribution in [2.24, 2.45) is 0 Å². The molecule has 5 aromatic rings. The monoisotopic (exact) mass is 375 g/mol. The van der Waals surface area contributed by atoms with Crippen LogP contribution in [0, 0.1) is 0 Å². The van der Waals surface area contributed by atoms with Crippen LogP contribution in [-0.2, 0) is 6.61 Å². The Morgan fingerprint density at radius 2 is 1.31 bits per heavy atom. The van der Waals surface area contributed by atoms with Crippen molar-refractivity contribution in [3.05, 3.63) is 115 Å². The third kappa shape index (κ3) is 3.65. The average Bonchev–Trinajstić information content (AvgIpc) is 3.22. The van der Waals surface area contributed by atoms with E-state index in [1.807, 2.05) is 30.3 Å². The standard InChI is InChI=1S/C27H21NO/c1-3-9-20(10-4-1)19-29-23-15-16-26-22(17-23)18-27(28-26)25-14-8-7-13-24(25)21-11-5-2-6-12-21/h1-18,28H,19H2. The van der Waals surface area contributed by atoms with Crippen molar-refractivity contribution in [1.29, 1.82) is 0 Å². The van der Waals surface area contributed by atoms with Gasteiger partial charge in [0.25, 0.3) is 0 Å². The molecule has 0 aliphatic rings. The van der Waals surface area contributed by atoms with Crippen LogP contribution in [0.1, 0.15) is 5.56 Å². The van der Waals surface area contributed by atoms with E-state index in [4.69, 9.17) is 4.74 Å². The lowest BCUT2D eigenvalue weighted by Gasteiger charge is -2.08. The van der Waals surface area contributed by atoms with E-state index in [0.717, 1.165) is 22.3 Å². The van der Waals surface area contributed by atoms with Crippen LogP contribution < -0.4 is 4.74 Å². The van der Waals surface area contributed by atoms with Crippen LogP contribution in [0.4, 0.5) is 0 Å². The van der Waals surface area contributed by atoms with Gasteiger partial charge in [0, 0.05) is 22.2 Å². The topological polar surface area (TPSA) is 25.0 Å². The molecule has 4 aromatic carbocycles. The Balaban J connectivity index is 1.47. The molecule has 0 amide bonds. The number of aromatic amines is 1. The number of fused-ring (bicyclic) bond motifs is 1. The van der Waals surface area contributed by atoms with Crippen LogP contribution in [0.5, 0.6) is 5.75 Å². The van der Waals surface area contributed by atoms with Gasteiger partial charge >= 0.3 is 0 Å². The highest BCUT2D eigenvalue weighted by Crippen LogP contribution is 2.34. The number of hydrogen-bond acceptors (Lipinski definition) is 1.